The molecule has 0 aliphatic carbocycles. The molecule has 1 aliphatic rings. The van der Waals surface area contributed by atoms with Crippen molar-refractivity contribution >= 4 is 23.4 Å². The van der Waals surface area contributed by atoms with Crippen LogP contribution in [-0.2, 0) is 9.59 Å². The predicted octanol–water partition coefficient (Wildman–Crippen LogP) is 2.47. The van der Waals surface area contributed by atoms with Crippen LogP contribution in [0.5, 0.6) is 0 Å². The number of carbonyl (C=O) groups excluding carboxylic acids is 2. The van der Waals surface area contributed by atoms with Gasteiger partial charge in [0.1, 0.15) is 6.04 Å². The minimum Gasteiger partial charge on any atom is -0.353 e. The van der Waals surface area contributed by atoms with Crippen LogP contribution in [-0.4, -0.2) is 17.9 Å². The molecule has 2 unspecified atom stereocenters. The van der Waals surface area contributed by atoms with Crippen LogP contribution in [0.3, 0.4) is 0 Å². The van der Waals surface area contributed by atoms with Crippen LogP contribution < -0.4 is 10.6 Å². The second-order valence-electron chi connectivity index (χ2n) is 5.40. The maximum absolute atomic E-state index is 12.1. The third-order valence-corrected chi connectivity index (χ3v) is 3.89. The van der Waals surface area contributed by atoms with Crippen molar-refractivity contribution in [3.8, 4) is 6.07 Å². The molecule has 1 aromatic carbocycles. The van der Waals surface area contributed by atoms with Crippen LogP contribution in [0.25, 0.3) is 0 Å². The Morgan fingerprint density at radius 1 is 1.41 bits per heavy atom. The van der Waals surface area contributed by atoms with Crippen LogP contribution in [0.1, 0.15) is 43.7 Å². The van der Waals surface area contributed by atoms with Gasteiger partial charge in [-0.25, -0.2) is 0 Å². The summed E-state index contributed by atoms with van der Waals surface area (Å²) in [5.41, 5.74) is 0.685. The van der Waals surface area contributed by atoms with E-state index in [0.29, 0.717) is 17.0 Å². The Morgan fingerprint density at radius 2 is 2.14 bits per heavy atom. The van der Waals surface area contributed by atoms with E-state index in [1.54, 1.807) is 24.3 Å². The van der Waals surface area contributed by atoms with Crippen LogP contribution in [0.2, 0.25) is 5.02 Å². The molecule has 116 valence electrons. The van der Waals surface area contributed by atoms with Crippen LogP contribution in [0, 0.1) is 11.3 Å². The Hall–Kier alpha value is -2.06. The highest BCUT2D eigenvalue weighted by Crippen LogP contribution is 2.17. The van der Waals surface area contributed by atoms with Crippen molar-refractivity contribution in [2.75, 3.05) is 0 Å². The first kappa shape index (κ1) is 16.3. The fourth-order valence-electron chi connectivity index (χ4n) is 2.49. The highest BCUT2D eigenvalue weighted by atomic mass is 35.5. The molecule has 5 nitrogen and oxygen atoms in total. The van der Waals surface area contributed by atoms with Crippen molar-refractivity contribution in [3.63, 3.8) is 0 Å². The molecule has 0 saturated carbocycles. The normalized spacial score (nSPS) is 19.5. The Labute approximate surface area is 134 Å². The minimum absolute atomic E-state index is 0.00941. The summed E-state index contributed by atoms with van der Waals surface area (Å²) in [5.74, 6) is -0.251. The van der Waals surface area contributed by atoms with Crippen molar-refractivity contribution in [2.45, 2.75) is 44.2 Å². The van der Waals surface area contributed by atoms with E-state index in [1.165, 1.54) is 0 Å². The lowest BCUT2D eigenvalue weighted by Gasteiger charge is -2.17. The van der Waals surface area contributed by atoms with Gasteiger partial charge in [-0.2, -0.15) is 5.26 Å². The molecule has 1 aromatic rings. The Balaban J connectivity index is 1.93. The number of nitriles is 1. The Kier molecular flexibility index (Phi) is 5.79. The zero-order chi connectivity index (χ0) is 15.9. The molecule has 2 atom stereocenters. The van der Waals surface area contributed by atoms with Crippen LogP contribution in [0.15, 0.2) is 24.3 Å². The predicted molar refractivity (Wildman–Crippen MR) is 83.0 cm³/mol. The summed E-state index contributed by atoms with van der Waals surface area (Å²) in [6.45, 7) is 0. The number of nitrogens with zero attached hydrogens (tertiary/aromatic N) is 1. The topological polar surface area (TPSA) is 82.0 Å². The largest absolute Gasteiger partial charge is 0.353 e. The molecule has 1 saturated heterocycles. The highest BCUT2D eigenvalue weighted by molar-refractivity contribution is 6.30. The molecule has 0 aromatic heterocycles. The maximum atomic E-state index is 12.1. The molecule has 0 bridgehead atoms. The smallest absolute Gasteiger partial charge is 0.223 e. The average Bonchev–Trinajstić information content (AvgIpc) is 2.70. The van der Waals surface area contributed by atoms with E-state index in [4.69, 9.17) is 11.6 Å². The molecule has 0 radical (unpaired) electrons. The molecule has 6 heteroatoms. The first-order chi connectivity index (χ1) is 10.6. The fourth-order valence-corrected chi connectivity index (χ4v) is 2.62. The van der Waals surface area contributed by atoms with E-state index in [-0.39, 0.29) is 24.3 Å². The van der Waals surface area contributed by atoms with Gasteiger partial charge < -0.3 is 10.6 Å². The van der Waals surface area contributed by atoms with Gasteiger partial charge >= 0.3 is 0 Å². The van der Waals surface area contributed by atoms with Gasteiger partial charge in [0.25, 0.3) is 0 Å². The Bertz CT molecular complexity index is 580. The second-order valence-corrected chi connectivity index (χ2v) is 5.83. The summed E-state index contributed by atoms with van der Waals surface area (Å²) in [6.07, 6.45) is 3.28. The summed E-state index contributed by atoms with van der Waals surface area (Å²) in [5, 5.41) is 15.3. The zero-order valence-electron chi connectivity index (χ0n) is 12.1. The van der Waals surface area contributed by atoms with E-state index in [0.717, 1.165) is 19.3 Å². The molecule has 2 N–H and O–H groups in total. The number of hydrogen-bond donors (Lipinski definition) is 2. The van der Waals surface area contributed by atoms with E-state index >= 15 is 0 Å². The fraction of sp³-hybridized carbons (Fsp3) is 0.438. The van der Waals surface area contributed by atoms with Crippen LogP contribution >= 0.6 is 11.6 Å². The van der Waals surface area contributed by atoms with Crippen molar-refractivity contribution in [2.24, 2.45) is 0 Å². The SMILES string of the molecule is N#CC(NC(=O)CC1CCCCC(=O)N1)c1ccc(Cl)cc1. The lowest BCUT2D eigenvalue weighted by Crippen LogP contribution is -2.38. The number of rotatable bonds is 4. The molecular formula is C16H18ClN3O2. The van der Waals surface area contributed by atoms with Gasteiger partial charge in [-0.1, -0.05) is 30.2 Å². The van der Waals surface area contributed by atoms with E-state index < -0.39 is 6.04 Å². The molecule has 1 fully saturated rings. The molecule has 1 heterocycles. The zero-order valence-corrected chi connectivity index (χ0v) is 12.9. The second kappa shape index (κ2) is 7.81. The lowest BCUT2D eigenvalue weighted by molar-refractivity contribution is -0.123. The number of hydrogen-bond acceptors (Lipinski definition) is 3. The van der Waals surface area contributed by atoms with Gasteiger partial charge in [0.15, 0.2) is 0 Å². The van der Waals surface area contributed by atoms with Gasteiger partial charge in [-0.3, -0.25) is 9.59 Å². The third-order valence-electron chi connectivity index (χ3n) is 3.64. The van der Waals surface area contributed by atoms with Crippen molar-refractivity contribution < 1.29 is 9.59 Å². The molecule has 0 spiro atoms. The van der Waals surface area contributed by atoms with E-state index in [9.17, 15) is 14.9 Å². The summed E-state index contributed by atoms with van der Waals surface area (Å²) in [7, 11) is 0. The van der Waals surface area contributed by atoms with Crippen LogP contribution in [0.4, 0.5) is 0 Å². The van der Waals surface area contributed by atoms with Gasteiger partial charge in [0, 0.05) is 23.9 Å². The summed E-state index contributed by atoms with van der Waals surface area (Å²) < 4.78 is 0. The maximum Gasteiger partial charge on any atom is 0.223 e. The standard InChI is InChI=1S/C16H18ClN3O2/c17-12-7-5-11(6-8-12)14(10-18)20-16(22)9-13-3-1-2-4-15(21)19-13/h5-8,13-14H,1-4,9H2,(H,19,21)(H,20,22). The molecular weight excluding hydrogens is 302 g/mol. The average molecular weight is 320 g/mol. The molecule has 1 aliphatic heterocycles. The van der Waals surface area contributed by atoms with Gasteiger partial charge in [0.05, 0.1) is 6.07 Å². The number of benzene rings is 1. The Morgan fingerprint density at radius 3 is 2.82 bits per heavy atom. The third kappa shape index (κ3) is 4.74. The van der Waals surface area contributed by atoms with E-state index in [2.05, 4.69) is 16.7 Å². The summed E-state index contributed by atoms with van der Waals surface area (Å²) >= 11 is 5.81. The first-order valence-corrected chi connectivity index (χ1v) is 7.70. The van der Waals surface area contributed by atoms with Crippen molar-refractivity contribution in [3.05, 3.63) is 34.9 Å². The minimum atomic E-state index is -0.716. The molecule has 2 rings (SSSR count). The van der Waals surface area contributed by atoms with Gasteiger partial charge in [-0.15, -0.1) is 0 Å². The molecule has 22 heavy (non-hydrogen) atoms. The monoisotopic (exact) mass is 319 g/mol. The van der Waals surface area contributed by atoms with E-state index in [1.807, 2.05) is 0 Å². The van der Waals surface area contributed by atoms with Crippen molar-refractivity contribution in [1.82, 2.24) is 10.6 Å². The quantitative estimate of drug-likeness (QED) is 0.894. The molecule has 2 amide bonds. The van der Waals surface area contributed by atoms with Gasteiger partial charge in [-0.05, 0) is 30.5 Å². The first-order valence-electron chi connectivity index (χ1n) is 7.32. The lowest BCUT2D eigenvalue weighted by atomic mass is 10.1. The number of amides is 2. The number of carbonyl (C=O) groups is 2. The summed E-state index contributed by atoms with van der Waals surface area (Å²) in [4.78, 5) is 23.6. The van der Waals surface area contributed by atoms with Gasteiger partial charge in [0.2, 0.25) is 11.8 Å². The number of halogens is 1. The number of nitrogens with one attached hydrogen (secondary N) is 2. The summed E-state index contributed by atoms with van der Waals surface area (Å²) in [6, 6.07) is 7.98. The van der Waals surface area contributed by atoms with Crippen molar-refractivity contribution in [1.29, 1.82) is 5.26 Å². The highest BCUT2D eigenvalue weighted by Gasteiger charge is 2.21.